The topological polar surface area (TPSA) is 20.3 Å². The van der Waals surface area contributed by atoms with Gasteiger partial charge in [-0.05, 0) is 17.7 Å². The van der Waals surface area contributed by atoms with Crippen LogP contribution < -0.4 is 0 Å². The summed E-state index contributed by atoms with van der Waals surface area (Å²) in [6, 6.07) is 4.78. The molecule has 18 heavy (non-hydrogen) atoms. The molecule has 2 nitrogen and oxygen atoms in total. The first-order valence-corrected chi connectivity index (χ1v) is 5.37. The zero-order chi connectivity index (χ0) is 13.8. The van der Waals surface area contributed by atoms with Gasteiger partial charge in [0, 0.05) is 20.0 Å². The van der Waals surface area contributed by atoms with E-state index in [-0.39, 0.29) is 12.5 Å². The summed E-state index contributed by atoms with van der Waals surface area (Å²) in [5.74, 6) is -0.144. The fourth-order valence-electron chi connectivity index (χ4n) is 1.48. The third-order valence-corrected chi connectivity index (χ3v) is 2.45. The normalized spacial score (nSPS) is 11.1. The predicted octanol–water partition coefficient (Wildman–Crippen LogP) is 3.24. The van der Waals surface area contributed by atoms with Gasteiger partial charge in [-0.1, -0.05) is 18.2 Å². The Bertz CT molecular complexity index is 423. The number of alkyl halides is 3. The summed E-state index contributed by atoms with van der Waals surface area (Å²) in [6.07, 6.45) is -2.76. The number of nitrogens with zero attached hydrogens (tertiary/aromatic N) is 1. The van der Waals surface area contributed by atoms with Crippen molar-refractivity contribution in [3.63, 3.8) is 0 Å². The van der Waals surface area contributed by atoms with E-state index in [9.17, 15) is 18.0 Å². The van der Waals surface area contributed by atoms with Crippen LogP contribution in [-0.4, -0.2) is 17.4 Å². The highest BCUT2D eigenvalue weighted by molar-refractivity contribution is 5.73. The van der Waals surface area contributed by atoms with E-state index in [4.69, 9.17) is 0 Å². The molecule has 0 heterocycles. The van der Waals surface area contributed by atoms with Crippen LogP contribution in [0.15, 0.2) is 36.9 Å². The smallest absolute Gasteiger partial charge is 0.335 e. The first-order valence-electron chi connectivity index (χ1n) is 5.37. The van der Waals surface area contributed by atoms with E-state index < -0.39 is 11.7 Å². The van der Waals surface area contributed by atoms with E-state index in [0.717, 1.165) is 12.1 Å². The second-order valence-corrected chi connectivity index (χ2v) is 3.88. The standard InChI is InChI=1S/C13H14F3NO/c1-3-8-17(10(2)18)9-11-4-6-12(7-5-11)13(14,15)16/h3-7H,1,8-9H2,2H3. The molecule has 0 saturated carbocycles. The van der Waals surface area contributed by atoms with Gasteiger partial charge in [0.05, 0.1) is 5.56 Å². The van der Waals surface area contributed by atoms with Gasteiger partial charge in [-0.3, -0.25) is 4.79 Å². The van der Waals surface area contributed by atoms with Gasteiger partial charge in [0.2, 0.25) is 5.91 Å². The van der Waals surface area contributed by atoms with Crippen LogP contribution in [0.2, 0.25) is 0 Å². The van der Waals surface area contributed by atoms with Crippen molar-refractivity contribution in [2.45, 2.75) is 19.6 Å². The Kier molecular flexibility index (Phi) is 4.53. The number of benzene rings is 1. The van der Waals surface area contributed by atoms with Gasteiger partial charge < -0.3 is 4.90 Å². The van der Waals surface area contributed by atoms with Crippen LogP contribution >= 0.6 is 0 Å². The molecule has 0 radical (unpaired) electrons. The monoisotopic (exact) mass is 257 g/mol. The Morgan fingerprint density at radius 3 is 2.28 bits per heavy atom. The minimum Gasteiger partial charge on any atom is -0.335 e. The van der Waals surface area contributed by atoms with E-state index in [1.807, 2.05) is 0 Å². The van der Waals surface area contributed by atoms with Crippen LogP contribution in [0.3, 0.4) is 0 Å². The summed E-state index contributed by atoms with van der Waals surface area (Å²) in [5.41, 5.74) is -0.0376. The van der Waals surface area contributed by atoms with Crippen LogP contribution in [0.5, 0.6) is 0 Å². The lowest BCUT2D eigenvalue weighted by Gasteiger charge is -2.19. The minimum absolute atomic E-state index is 0.144. The largest absolute Gasteiger partial charge is 0.416 e. The van der Waals surface area contributed by atoms with E-state index in [2.05, 4.69) is 6.58 Å². The molecule has 0 fully saturated rings. The summed E-state index contributed by atoms with van der Waals surface area (Å²) < 4.78 is 37.1. The fourth-order valence-corrected chi connectivity index (χ4v) is 1.48. The second-order valence-electron chi connectivity index (χ2n) is 3.88. The molecule has 0 spiro atoms. The number of halogens is 3. The van der Waals surface area contributed by atoms with Crippen LogP contribution in [0.1, 0.15) is 18.1 Å². The van der Waals surface area contributed by atoms with E-state index in [0.29, 0.717) is 12.1 Å². The number of hydrogen-bond donors (Lipinski definition) is 0. The van der Waals surface area contributed by atoms with Gasteiger partial charge in [-0.25, -0.2) is 0 Å². The quantitative estimate of drug-likeness (QED) is 0.758. The van der Waals surface area contributed by atoms with Crippen molar-refractivity contribution < 1.29 is 18.0 Å². The molecule has 0 N–H and O–H groups in total. The Hall–Kier alpha value is -1.78. The van der Waals surface area contributed by atoms with Crippen LogP contribution in [-0.2, 0) is 17.5 Å². The molecule has 1 amide bonds. The molecule has 0 aliphatic carbocycles. The van der Waals surface area contributed by atoms with Crippen molar-refractivity contribution in [3.05, 3.63) is 48.0 Å². The van der Waals surface area contributed by atoms with Gasteiger partial charge in [0.15, 0.2) is 0 Å². The Morgan fingerprint density at radius 1 is 1.33 bits per heavy atom. The maximum atomic E-state index is 12.4. The highest BCUT2D eigenvalue weighted by Crippen LogP contribution is 2.29. The predicted molar refractivity (Wildman–Crippen MR) is 62.7 cm³/mol. The Morgan fingerprint density at radius 2 is 1.89 bits per heavy atom. The van der Waals surface area contributed by atoms with E-state index in [1.165, 1.54) is 24.0 Å². The van der Waals surface area contributed by atoms with Gasteiger partial charge >= 0.3 is 6.18 Å². The lowest BCUT2D eigenvalue weighted by Crippen LogP contribution is -2.28. The molecule has 0 atom stereocenters. The first kappa shape index (κ1) is 14.3. The SMILES string of the molecule is C=CCN(Cc1ccc(C(F)(F)F)cc1)C(C)=O. The average Bonchev–Trinajstić information content (AvgIpc) is 2.28. The molecule has 0 saturated heterocycles. The van der Waals surface area contributed by atoms with Crippen molar-refractivity contribution in [1.82, 2.24) is 4.90 Å². The van der Waals surface area contributed by atoms with Crippen molar-refractivity contribution in [2.24, 2.45) is 0 Å². The molecular weight excluding hydrogens is 243 g/mol. The molecule has 1 rings (SSSR count). The molecule has 5 heteroatoms. The summed E-state index contributed by atoms with van der Waals surface area (Å²) in [6.45, 7) is 5.59. The molecule has 0 unspecified atom stereocenters. The van der Waals surface area contributed by atoms with Gasteiger partial charge in [-0.15, -0.1) is 6.58 Å². The van der Waals surface area contributed by atoms with Crippen LogP contribution in [0.25, 0.3) is 0 Å². The Balaban J connectivity index is 2.79. The van der Waals surface area contributed by atoms with Gasteiger partial charge in [0.25, 0.3) is 0 Å². The molecule has 0 aromatic heterocycles. The van der Waals surface area contributed by atoms with Crippen molar-refractivity contribution in [3.8, 4) is 0 Å². The highest BCUT2D eigenvalue weighted by Gasteiger charge is 2.29. The zero-order valence-corrected chi connectivity index (χ0v) is 10.00. The summed E-state index contributed by atoms with van der Waals surface area (Å²) in [5, 5.41) is 0. The molecule has 1 aromatic rings. The summed E-state index contributed by atoms with van der Waals surface area (Å²) in [7, 11) is 0. The average molecular weight is 257 g/mol. The van der Waals surface area contributed by atoms with Crippen molar-refractivity contribution >= 4 is 5.91 Å². The molecule has 1 aromatic carbocycles. The van der Waals surface area contributed by atoms with Gasteiger partial charge in [-0.2, -0.15) is 13.2 Å². The third kappa shape index (κ3) is 3.91. The zero-order valence-electron chi connectivity index (χ0n) is 10.00. The summed E-state index contributed by atoms with van der Waals surface area (Å²) >= 11 is 0. The number of amides is 1. The summed E-state index contributed by atoms with van der Waals surface area (Å²) in [4.78, 5) is 12.8. The lowest BCUT2D eigenvalue weighted by atomic mass is 10.1. The maximum Gasteiger partial charge on any atom is 0.416 e. The second kappa shape index (κ2) is 5.71. The van der Waals surface area contributed by atoms with Gasteiger partial charge in [0.1, 0.15) is 0 Å². The molecule has 0 aliphatic rings. The molecule has 0 aliphatic heterocycles. The maximum absolute atomic E-state index is 12.4. The highest BCUT2D eigenvalue weighted by atomic mass is 19.4. The van der Waals surface area contributed by atoms with Crippen LogP contribution in [0, 0.1) is 0 Å². The van der Waals surface area contributed by atoms with E-state index >= 15 is 0 Å². The number of rotatable bonds is 4. The first-order chi connectivity index (χ1) is 8.34. The Labute approximate surface area is 104 Å². The fraction of sp³-hybridized carbons (Fsp3) is 0.308. The minimum atomic E-state index is -4.33. The number of carbonyl (C=O) groups excluding carboxylic acids is 1. The van der Waals surface area contributed by atoms with Crippen molar-refractivity contribution in [2.75, 3.05) is 6.54 Å². The van der Waals surface area contributed by atoms with Crippen molar-refractivity contribution in [1.29, 1.82) is 0 Å². The molecule has 98 valence electrons. The van der Waals surface area contributed by atoms with Crippen LogP contribution in [0.4, 0.5) is 13.2 Å². The lowest BCUT2D eigenvalue weighted by molar-refractivity contribution is -0.137. The molecule has 0 bridgehead atoms. The number of carbonyl (C=O) groups is 1. The molecular formula is C13H14F3NO. The van der Waals surface area contributed by atoms with E-state index in [1.54, 1.807) is 6.08 Å². The number of hydrogen-bond acceptors (Lipinski definition) is 1. The third-order valence-electron chi connectivity index (χ3n) is 2.45.